The summed E-state index contributed by atoms with van der Waals surface area (Å²) in [6.45, 7) is 11.1. The number of fused-ring (bicyclic) bond motifs is 5. The van der Waals surface area contributed by atoms with Crippen LogP contribution in [0.3, 0.4) is 0 Å². The molecule has 4 heteroatoms. The molecule has 8 atom stereocenters. The summed E-state index contributed by atoms with van der Waals surface area (Å²) in [6.07, 6.45) is 13.3. The Morgan fingerprint density at radius 3 is 2.55 bits per heavy atom. The van der Waals surface area contributed by atoms with Gasteiger partial charge in [0, 0.05) is 20.3 Å². The number of carbonyl (C=O) groups excluding carboxylic acids is 2. The lowest BCUT2D eigenvalue weighted by molar-refractivity contribution is -0.149. The molecule has 174 valence electrons. The van der Waals surface area contributed by atoms with Crippen LogP contribution in [0.4, 0.5) is 0 Å². The van der Waals surface area contributed by atoms with Crippen LogP contribution in [0.25, 0.3) is 0 Å². The predicted octanol–water partition coefficient (Wildman–Crippen LogP) is 6.09. The van der Waals surface area contributed by atoms with Crippen LogP contribution in [0.5, 0.6) is 0 Å². The Bertz CT molecular complexity index is 742. The second kappa shape index (κ2) is 8.56. The number of allylic oxidation sites excluding steroid dienone is 1. The van der Waals surface area contributed by atoms with E-state index in [9.17, 15) is 9.59 Å². The molecule has 0 aliphatic heterocycles. The molecule has 0 saturated heterocycles. The lowest BCUT2D eigenvalue weighted by atomic mass is 9.47. The summed E-state index contributed by atoms with van der Waals surface area (Å²) < 4.78 is 10.8. The van der Waals surface area contributed by atoms with E-state index < -0.39 is 0 Å². The fourth-order valence-corrected chi connectivity index (χ4v) is 8.53. The van der Waals surface area contributed by atoms with Crippen molar-refractivity contribution in [1.29, 1.82) is 0 Å². The van der Waals surface area contributed by atoms with Crippen LogP contribution in [-0.2, 0) is 19.1 Å². The Kier molecular flexibility index (Phi) is 6.31. The molecule has 0 aromatic rings. The third-order valence-corrected chi connectivity index (χ3v) is 10.0. The van der Waals surface area contributed by atoms with Gasteiger partial charge in [0.2, 0.25) is 0 Å². The number of hydrogen-bond donors (Lipinski definition) is 0. The van der Waals surface area contributed by atoms with Crippen LogP contribution in [0.15, 0.2) is 11.6 Å². The second-order valence-corrected chi connectivity index (χ2v) is 11.6. The number of hydrogen-bond acceptors (Lipinski definition) is 4. The molecule has 4 aliphatic carbocycles. The largest absolute Gasteiger partial charge is 0.466 e. The Morgan fingerprint density at radius 1 is 1.06 bits per heavy atom. The maximum absolute atomic E-state index is 11.5. The van der Waals surface area contributed by atoms with Gasteiger partial charge in [-0.1, -0.05) is 32.4 Å². The third kappa shape index (κ3) is 4.09. The maximum Gasteiger partial charge on any atom is 0.302 e. The summed E-state index contributed by atoms with van der Waals surface area (Å²) in [4.78, 5) is 22.6. The number of rotatable bonds is 5. The fourth-order valence-electron chi connectivity index (χ4n) is 8.53. The van der Waals surface area contributed by atoms with E-state index in [-0.39, 0.29) is 18.0 Å². The van der Waals surface area contributed by atoms with E-state index in [2.05, 4.69) is 26.8 Å². The van der Waals surface area contributed by atoms with Crippen LogP contribution in [0.2, 0.25) is 0 Å². The van der Waals surface area contributed by atoms with Gasteiger partial charge in [-0.25, -0.2) is 0 Å². The molecule has 0 amide bonds. The van der Waals surface area contributed by atoms with E-state index in [0.717, 1.165) is 49.4 Å². The molecule has 0 bridgehead atoms. The molecule has 31 heavy (non-hydrogen) atoms. The predicted molar refractivity (Wildman–Crippen MR) is 121 cm³/mol. The number of carbonyl (C=O) groups is 2. The minimum atomic E-state index is -0.162. The molecule has 7 unspecified atom stereocenters. The first-order chi connectivity index (χ1) is 14.6. The number of ether oxygens (including phenoxy) is 2. The SMILES string of the molecule is CC(=O)OCC[C@@H](C)C1CCC2C3CC=C4CC(OC(C)=O)CCC4(C)C3CCC21C. The highest BCUT2D eigenvalue weighted by Crippen LogP contribution is 2.67. The van der Waals surface area contributed by atoms with Crippen molar-refractivity contribution in [3.05, 3.63) is 11.6 Å². The molecule has 4 nitrogen and oxygen atoms in total. The molecule has 0 aromatic carbocycles. The number of esters is 2. The Balaban J connectivity index is 1.47. The van der Waals surface area contributed by atoms with Crippen molar-refractivity contribution < 1.29 is 19.1 Å². The van der Waals surface area contributed by atoms with Crippen molar-refractivity contribution in [3.63, 3.8) is 0 Å². The minimum absolute atomic E-state index is 0.0798. The van der Waals surface area contributed by atoms with Crippen LogP contribution in [0.1, 0.15) is 92.4 Å². The molecule has 0 aromatic heterocycles. The smallest absolute Gasteiger partial charge is 0.302 e. The molecule has 0 radical (unpaired) electrons. The standard InChI is InChI=1S/C27H42O4/c1-17(12-15-30-18(2)28)23-8-9-24-22-7-6-20-16-21(31-19(3)29)10-13-26(20,4)25(22)11-14-27(23,24)5/h6,17,21-25H,7-16H2,1-5H3/t17-,21?,22?,23?,24?,25?,26?,27?/m1/s1. The highest BCUT2D eigenvalue weighted by atomic mass is 16.5. The first-order valence-electron chi connectivity index (χ1n) is 12.6. The first kappa shape index (κ1) is 22.9. The summed E-state index contributed by atoms with van der Waals surface area (Å²) >= 11 is 0. The highest BCUT2D eigenvalue weighted by Gasteiger charge is 2.59. The van der Waals surface area contributed by atoms with Crippen LogP contribution >= 0.6 is 0 Å². The summed E-state index contributed by atoms with van der Waals surface area (Å²) in [5, 5.41) is 0. The van der Waals surface area contributed by atoms with Gasteiger partial charge in [-0.15, -0.1) is 0 Å². The molecule has 0 N–H and O–H groups in total. The fraction of sp³-hybridized carbons (Fsp3) is 0.852. The van der Waals surface area contributed by atoms with E-state index in [1.807, 2.05) is 0 Å². The molecule has 0 spiro atoms. The van der Waals surface area contributed by atoms with E-state index in [4.69, 9.17) is 9.47 Å². The van der Waals surface area contributed by atoms with Gasteiger partial charge in [0.15, 0.2) is 0 Å². The van der Waals surface area contributed by atoms with Crippen molar-refractivity contribution in [3.8, 4) is 0 Å². The van der Waals surface area contributed by atoms with Crippen LogP contribution in [0, 0.1) is 40.4 Å². The van der Waals surface area contributed by atoms with Crippen LogP contribution in [-0.4, -0.2) is 24.6 Å². The van der Waals surface area contributed by atoms with Gasteiger partial charge in [0.1, 0.15) is 6.10 Å². The topological polar surface area (TPSA) is 52.6 Å². The Morgan fingerprint density at radius 2 is 1.84 bits per heavy atom. The molecule has 4 rings (SSSR count). The maximum atomic E-state index is 11.5. The average Bonchev–Trinajstić information content (AvgIpc) is 3.05. The van der Waals surface area contributed by atoms with Crippen molar-refractivity contribution in [2.75, 3.05) is 6.61 Å². The van der Waals surface area contributed by atoms with E-state index in [1.54, 1.807) is 5.57 Å². The van der Waals surface area contributed by atoms with Crippen molar-refractivity contribution in [2.24, 2.45) is 40.4 Å². The van der Waals surface area contributed by atoms with Gasteiger partial charge in [0.25, 0.3) is 0 Å². The van der Waals surface area contributed by atoms with Gasteiger partial charge in [-0.2, -0.15) is 0 Å². The average molecular weight is 431 g/mol. The van der Waals surface area contributed by atoms with Gasteiger partial charge in [-0.05, 0) is 91.8 Å². The van der Waals surface area contributed by atoms with E-state index >= 15 is 0 Å². The molecule has 4 aliphatic rings. The molecular weight excluding hydrogens is 388 g/mol. The molecule has 0 heterocycles. The van der Waals surface area contributed by atoms with Gasteiger partial charge in [0.05, 0.1) is 6.61 Å². The summed E-state index contributed by atoms with van der Waals surface area (Å²) in [7, 11) is 0. The van der Waals surface area contributed by atoms with Crippen molar-refractivity contribution in [1.82, 2.24) is 0 Å². The Labute approximate surface area is 188 Å². The molecular formula is C27H42O4. The zero-order valence-electron chi connectivity index (χ0n) is 20.2. The summed E-state index contributed by atoms with van der Waals surface area (Å²) in [6, 6.07) is 0. The lowest BCUT2D eigenvalue weighted by Crippen LogP contribution is -2.51. The zero-order chi connectivity index (χ0) is 22.4. The van der Waals surface area contributed by atoms with Gasteiger partial charge >= 0.3 is 11.9 Å². The third-order valence-electron chi connectivity index (χ3n) is 10.0. The zero-order valence-corrected chi connectivity index (χ0v) is 20.2. The van der Waals surface area contributed by atoms with Gasteiger partial charge < -0.3 is 9.47 Å². The quantitative estimate of drug-likeness (QED) is 0.391. The normalized spacial score (nSPS) is 42.5. The van der Waals surface area contributed by atoms with Crippen molar-refractivity contribution in [2.45, 2.75) is 98.5 Å². The summed E-state index contributed by atoms with van der Waals surface area (Å²) in [5.74, 6) is 3.43. The van der Waals surface area contributed by atoms with Crippen LogP contribution < -0.4 is 0 Å². The van der Waals surface area contributed by atoms with Crippen molar-refractivity contribution >= 4 is 11.9 Å². The first-order valence-corrected chi connectivity index (χ1v) is 12.6. The monoisotopic (exact) mass is 430 g/mol. The minimum Gasteiger partial charge on any atom is -0.466 e. The second-order valence-electron chi connectivity index (χ2n) is 11.6. The highest BCUT2D eigenvalue weighted by molar-refractivity contribution is 5.66. The summed E-state index contributed by atoms with van der Waals surface area (Å²) in [5.41, 5.74) is 2.28. The van der Waals surface area contributed by atoms with E-state index in [0.29, 0.717) is 23.4 Å². The van der Waals surface area contributed by atoms with Gasteiger partial charge in [-0.3, -0.25) is 9.59 Å². The Hall–Kier alpha value is -1.32. The molecule has 3 saturated carbocycles. The van der Waals surface area contributed by atoms with E-state index in [1.165, 1.54) is 46.0 Å². The molecule has 3 fully saturated rings. The lowest BCUT2D eigenvalue weighted by Gasteiger charge is -2.58.